The largest absolute Gasteiger partial charge is 0.497 e. The van der Waals surface area contributed by atoms with E-state index in [9.17, 15) is 14.4 Å². The van der Waals surface area contributed by atoms with E-state index in [1.807, 2.05) is 25.1 Å². The zero-order valence-electron chi connectivity index (χ0n) is 17.2. The highest BCUT2D eigenvalue weighted by molar-refractivity contribution is 6.09. The molecule has 0 bridgehead atoms. The van der Waals surface area contributed by atoms with Crippen LogP contribution in [0.2, 0.25) is 0 Å². The van der Waals surface area contributed by atoms with Crippen LogP contribution < -0.4 is 20.1 Å². The van der Waals surface area contributed by atoms with Gasteiger partial charge in [0.05, 0.1) is 14.2 Å². The molecule has 4 amide bonds. The van der Waals surface area contributed by atoms with Crippen molar-refractivity contribution in [1.82, 2.24) is 15.5 Å². The van der Waals surface area contributed by atoms with E-state index in [1.54, 1.807) is 37.4 Å². The molecule has 1 atom stereocenters. The second-order valence-corrected chi connectivity index (χ2v) is 6.90. The fourth-order valence-electron chi connectivity index (χ4n) is 3.55. The summed E-state index contributed by atoms with van der Waals surface area (Å²) in [5, 5.41) is 5.50. The maximum atomic E-state index is 13.1. The summed E-state index contributed by atoms with van der Waals surface area (Å²) >= 11 is 0. The number of imide groups is 1. The normalized spacial score (nSPS) is 18.2. The van der Waals surface area contributed by atoms with Crippen LogP contribution in [0.5, 0.6) is 11.5 Å². The maximum absolute atomic E-state index is 13.1. The molecule has 2 N–H and O–H groups in total. The molecule has 0 radical (unpaired) electrons. The summed E-state index contributed by atoms with van der Waals surface area (Å²) in [5.74, 6) is 0.337. The van der Waals surface area contributed by atoms with Crippen molar-refractivity contribution in [1.29, 1.82) is 0 Å². The van der Waals surface area contributed by atoms with Crippen molar-refractivity contribution in [2.75, 3.05) is 20.8 Å². The van der Waals surface area contributed by atoms with Crippen LogP contribution in [-0.2, 0) is 21.7 Å². The Bertz CT molecular complexity index is 947. The monoisotopic (exact) mass is 411 g/mol. The smallest absolute Gasteiger partial charge is 0.325 e. The first-order valence-electron chi connectivity index (χ1n) is 9.62. The number of hydrogen-bond acceptors (Lipinski definition) is 5. The van der Waals surface area contributed by atoms with E-state index in [4.69, 9.17) is 9.47 Å². The molecule has 2 aromatic rings. The van der Waals surface area contributed by atoms with Crippen molar-refractivity contribution in [3.05, 3.63) is 59.7 Å². The van der Waals surface area contributed by atoms with Crippen LogP contribution in [-0.4, -0.2) is 43.5 Å². The highest BCUT2D eigenvalue weighted by atomic mass is 16.5. The molecule has 1 unspecified atom stereocenters. The number of nitrogens with zero attached hydrogens (tertiary/aromatic N) is 1. The lowest BCUT2D eigenvalue weighted by Gasteiger charge is -2.25. The van der Waals surface area contributed by atoms with E-state index in [0.29, 0.717) is 23.5 Å². The molecule has 8 heteroatoms. The van der Waals surface area contributed by atoms with Gasteiger partial charge in [0.25, 0.3) is 5.91 Å². The topological polar surface area (TPSA) is 97.0 Å². The molecule has 1 fully saturated rings. The summed E-state index contributed by atoms with van der Waals surface area (Å²) in [6.45, 7) is 1.62. The molecule has 0 saturated carbocycles. The molecule has 8 nitrogen and oxygen atoms in total. The fourth-order valence-corrected chi connectivity index (χ4v) is 3.55. The van der Waals surface area contributed by atoms with Gasteiger partial charge in [-0.25, -0.2) is 4.79 Å². The Labute approximate surface area is 175 Å². The van der Waals surface area contributed by atoms with E-state index in [0.717, 1.165) is 10.5 Å². The van der Waals surface area contributed by atoms with Crippen molar-refractivity contribution in [3.8, 4) is 11.5 Å². The molecule has 1 saturated heterocycles. The molecular weight excluding hydrogens is 386 g/mol. The van der Waals surface area contributed by atoms with E-state index in [2.05, 4.69) is 10.6 Å². The van der Waals surface area contributed by atoms with Gasteiger partial charge in [0.15, 0.2) is 0 Å². The van der Waals surface area contributed by atoms with E-state index in [1.165, 1.54) is 7.11 Å². The van der Waals surface area contributed by atoms with Gasteiger partial charge < -0.3 is 20.1 Å². The number of rotatable bonds is 8. The van der Waals surface area contributed by atoms with Gasteiger partial charge in [-0.1, -0.05) is 37.3 Å². The SMILES string of the molecule is CCC1(c2ccccc2)NC(=O)N(CC(=O)NCc2cc(OC)ccc2OC)C1=O. The van der Waals surface area contributed by atoms with E-state index in [-0.39, 0.29) is 13.1 Å². The molecule has 0 aliphatic carbocycles. The average Bonchev–Trinajstić information content (AvgIpc) is 3.03. The van der Waals surface area contributed by atoms with Crippen LogP contribution in [0.25, 0.3) is 0 Å². The summed E-state index contributed by atoms with van der Waals surface area (Å²) in [6, 6.07) is 13.7. The zero-order valence-corrected chi connectivity index (χ0v) is 17.2. The Morgan fingerprint density at radius 3 is 2.47 bits per heavy atom. The van der Waals surface area contributed by atoms with Crippen LogP contribution in [0.15, 0.2) is 48.5 Å². The second-order valence-electron chi connectivity index (χ2n) is 6.90. The molecular formula is C22H25N3O5. The van der Waals surface area contributed by atoms with Crippen LogP contribution >= 0.6 is 0 Å². The summed E-state index contributed by atoms with van der Waals surface area (Å²) < 4.78 is 10.5. The van der Waals surface area contributed by atoms with Crippen molar-refractivity contribution < 1.29 is 23.9 Å². The predicted octanol–water partition coefficient (Wildman–Crippen LogP) is 2.18. The molecule has 158 valence electrons. The van der Waals surface area contributed by atoms with Gasteiger partial charge in [-0.05, 0) is 30.2 Å². The third-order valence-electron chi connectivity index (χ3n) is 5.24. The van der Waals surface area contributed by atoms with E-state index >= 15 is 0 Å². The number of hydrogen-bond donors (Lipinski definition) is 2. The number of amides is 4. The van der Waals surface area contributed by atoms with Crippen molar-refractivity contribution in [2.24, 2.45) is 0 Å². The fraction of sp³-hybridized carbons (Fsp3) is 0.318. The van der Waals surface area contributed by atoms with Crippen molar-refractivity contribution in [3.63, 3.8) is 0 Å². The number of benzene rings is 2. The van der Waals surface area contributed by atoms with Gasteiger partial charge in [-0.3, -0.25) is 14.5 Å². The molecule has 1 heterocycles. The van der Waals surface area contributed by atoms with Gasteiger partial charge in [-0.2, -0.15) is 0 Å². The van der Waals surface area contributed by atoms with Gasteiger partial charge in [0, 0.05) is 12.1 Å². The predicted molar refractivity (Wildman–Crippen MR) is 110 cm³/mol. The van der Waals surface area contributed by atoms with Gasteiger partial charge in [0.1, 0.15) is 23.6 Å². The molecule has 3 rings (SSSR count). The first-order valence-corrected chi connectivity index (χ1v) is 9.62. The van der Waals surface area contributed by atoms with Gasteiger partial charge in [0.2, 0.25) is 5.91 Å². The Kier molecular flexibility index (Phi) is 6.25. The minimum atomic E-state index is -1.16. The average molecular weight is 411 g/mol. The van der Waals surface area contributed by atoms with Crippen LogP contribution in [0, 0.1) is 0 Å². The number of carbonyl (C=O) groups excluding carboxylic acids is 3. The molecule has 1 aliphatic heterocycles. The maximum Gasteiger partial charge on any atom is 0.325 e. The number of urea groups is 1. The Balaban J connectivity index is 1.70. The Morgan fingerprint density at radius 1 is 1.10 bits per heavy atom. The summed E-state index contributed by atoms with van der Waals surface area (Å²) in [7, 11) is 3.09. The lowest BCUT2D eigenvalue weighted by Crippen LogP contribution is -2.44. The number of carbonyl (C=O) groups is 3. The highest BCUT2D eigenvalue weighted by Gasteiger charge is 2.51. The lowest BCUT2D eigenvalue weighted by molar-refractivity contribution is -0.135. The minimum absolute atomic E-state index is 0.167. The van der Waals surface area contributed by atoms with Crippen molar-refractivity contribution >= 4 is 17.8 Å². The third-order valence-corrected chi connectivity index (χ3v) is 5.24. The van der Waals surface area contributed by atoms with Crippen LogP contribution in [0.4, 0.5) is 4.79 Å². The number of methoxy groups -OCH3 is 2. The number of ether oxygens (including phenoxy) is 2. The van der Waals surface area contributed by atoms with Gasteiger partial charge in [-0.15, -0.1) is 0 Å². The zero-order chi connectivity index (χ0) is 21.7. The lowest BCUT2D eigenvalue weighted by atomic mass is 9.87. The molecule has 1 aliphatic rings. The Morgan fingerprint density at radius 2 is 1.83 bits per heavy atom. The summed E-state index contributed by atoms with van der Waals surface area (Å²) in [5.41, 5.74) is 0.249. The first-order chi connectivity index (χ1) is 14.4. The molecule has 2 aromatic carbocycles. The summed E-state index contributed by atoms with van der Waals surface area (Å²) in [4.78, 5) is 39.0. The number of nitrogens with one attached hydrogen (secondary N) is 2. The molecule has 0 aromatic heterocycles. The molecule has 30 heavy (non-hydrogen) atoms. The van der Waals surface area contributed by atoms with Crippen LogP contribution in [0.1, 0.15) is 24.5 Å². The van der Waals surface area contributed by atoms with Crippen LogP contribution in [0.3, 0.4) is 0 Å². The summed E-state index contributed by atoms with van der Waals surface area (Å²) in [6.07, 6.45) is 0.376. The molecule has 0 spiro atoms. The second kappa shape index (κ2) is 8.86. The highest BCUT2D eigenvalue weighted by Crippen LogP contribution is 2.32. The van der Waals surface area contributed by atoms with Gasteiger partial charge >= 0.3 is 6.03 Å². The first kappa shape index (κ1) is 21.2. The third kappa shape index (κ3) is 3.94. The van der Waals surface area contributed by atoms with Crippen molar-refractivity contribution in [2.45, 2.75) is 25.4 Å². The quantitative estimate of drug-likeness (QED) is 0.649. The Hall–Kier alpha value is -3.55. The van der Waals surface area contributed by atoms with E-state index < -0.39 is 23.4 Å². The standard InChI is InChI=1S/C22H25N3O5/c1-4-22(16-8-6-5-7-9-16)20(27)25(21(28)24-22)14-19(26)23-13-15-12-17(29-2)10-11-18(15)30-3/h5-12H,4,13-14H2,1-3H3,(H,23,26)(H,24,28). The minimum Gasteiger partial charge on any atom is -0.497 e.